The Hall–Kier alpha value is -3.02. The molecular formula is C19H19N5O. The lowest BCUT2D eigenvalue weighted by Gasteiger charge is -2.18. The smallest absolute Gasteiger partial charge is 0.249 e. The molecule has 1 amide bonds. The Bertz CT molecular complexity index is 847. The highest BCUT2D eigenvalue weighted by Gasteiger charge is 2.34. The standard InChI is InChI=1S/C19H19N5O/c25-18(15-10-6-9-14(15)13-7-2-1-3-8-13)22-19-21-17(23-24-19)16-11-4-5-12-20-16/h1-5,7-8,11-12,14-15H,6,9-10H2,(H2,21,22,23,24,25). The molecule has 0 saturated heterocycles. The van der Waals surface area contributed by atoms with E-state index in [9.17, 15) is 4.79 Å². The minimum absolute atomic E-state index is 0.0158. The van der Waals surface area contributed by atoms with E-state index in [0.717, 1.165) is 19.3 Å². The topological polar surface area (TPSA) is 83.6 Å². The van der Waals surface area contributed by atoms with Crippen LogP contribution in [-0.2, 0) is 4.79 Å². The van der Waals surface area contributed by atoms with Gasteiger partial charge in [0.1, 0.15) is 5.69 Å². The Morgan fingerprint density at radius 1 is 1.08 bits per heavy atom. The highest BCUT2D eigenvalue weighted by atomic mass is 16.2. The third-order valence-corrected chi connectivity index (χ3v) is 4.71. The van der Waals surface area contributed by atoms with Crippen LogP contribution in [0.4, 0.5) is 5.95 Å². The summed E-state index contributed by atoms with van der Waals surface area (Å²) in [5.74, 6) is 1.04. The van der Waals surface area contributed by atoms with Crippen LogP contribution >= 0.6 is 0 Å². The molecule has 1 aromatic carbocycles. The minimum Gasteiger partial charge on any atom is -0.293 e. The molecule has 1 saturated carbocycles. The molecule has 2 heterocycles. The number of H-pyrrole nitrogens is 1. The first kappa shape index (κ1) is 15.5. The normalized spacial score (nSPS) is 19.7. The lowest BCUT2D eigenvalue weighted by molar-refractivity contribution is -0.120. The molecular weight excluding hydrogens is 314 g/mol. The van der Waals surface area contributed by atoms with Crippen molar-refractivity contribution in [2.24, 2.45) is 5.92 Å². The predicted molar refractivity (Wildman–Crippen MR) is 94.8 cm³/mol. The van der Waals surface area contributed by atoms with Crippen molar-refractivity contribution < 1.29 is 4.79 Å². The van der Waals surface area contributed by atoms with Gasteiger partial charge in [-0.15, -0.1) is 5.10 Å². The Balaban J connectivity index is 1.48. The van der Waals surface area contributed by atoms with Crippen LogP contribution in [0.5, 0.6) is 0 Å². The highest BCUT2D eigenvalue weighted by Crippen LogP contribution is 2.40. The van der Waals surface area contributed by atoms with Gasteiger partial charge in [-0.2, -0.15) is 4.98 Å². The average Bonchev–Trinajstić information content (AvgIpc) is 3.33. The number of pyridine rings is 1. The van der Waals surface area contributed by atoms with Crippen molar-refractivity contribution in [3.05, 3.63) is 60.3 Å². The predicted octanol–water partition coefficient (Wildman–Crippen LogP) is 3.39. The van der Waals surface area contributed by atoms with Crippen molar-refractivity contribution >= 4 is 11.9 Å². The van der Waals surface area contributed by atoms with Crippen molar-refractivity contribution in [3.63, 3.8) is 0 Å². The van der Waals surface area contributed by atoms with E-state index in [1.807, 2.05) is 36.4 Å². The molecule has 3 aromatic rings. The molecule has 2 N–H and O–H groups in total. The molecule has 0 spiro atoms. The van der Waals surface area contributed by atoms with E-state index in [1.165, 1.54) is 5.56 Å². The fraction of sp³-hybridized carbons (Fsp3) is 0.263. The number of benzene rings is 1. The van der Waals surface area contributed by atoms with E-state index in [4.69, 9.17) is 0 Å². The van der Waals surface area contributed by atoms with Gasteiger partial charge >= 0.3 is 0 Å². The maximum absolute atomic E-state index is 12.7. The monoisotopic (exact) mass is 333 g/mol. The van der Waals surface area contributed by atoms with E-state index in [0.29, 0.717) is 17.5 Å². The largest absolute Gasteiger partial charge is 0.293 e. The maximum Gasteiger partial charge on any atom is 0.249 e. The van der Waals surface area contributed by atoms with Crippen molar-refractivity contribution in [2.75, 3.05) is 5.32 Å². The molecule has 0 bridgehead atoms. The molecule has 6 heteroatoms. The molecule has 2 unspecified atom stereocenters. The van der Waals surface area contributed by atoms with Gasteiger partial charge in [0.2, 0.25) is 11.9 Å². The highest BCUT2D eigenvalue weighted by molar-refractivity contribution is 5.92. The molecule has 126 valence electrons. The summed E-state index contributed by atoms with van der Waals surface area (Å²) < 4.78 is 0. The van der Waals surface area contributed by atoms with E-state index < -0.39 is 0 Å². The summed E-state index contributed by atoms with van der Waals surface area (Å²) >= 11 is 0. The molecule has 1 fully saturated rings. The Kier molecular flexibility index (Phi) is 4.24. The number of aromatic amines is 1. The first-order valence-electron chi connectivity index (χ1n) is 8.51. The van der Waals surface area contributed by atoms with Crippen LogP contribution in [0, 0.1) is 5.92 Å². The van der Waals surface area contributed by atoms with Gasteiger partial charge < -0.3 is 0 Å². The van der Waals surface area contributed by atoms with Crippen LogP contribution < -0.4 is 5.32 Å². The second kappa shape index (κ2) is 6.84. The Morgan fingerprint density at radius 3 is 2.72 bits per heavy atom. The van der Waals surface area contributed by atoms with E-state index >= 15 is 0 Å². The van der Waals surface area contributed by atoms with Gasteiger partial charge in [0.15, 0.2) is 5.82 Å². The van der Waals surface area contributed by atoms with Gasteiger partial charge in [0.25, 0.3) is 0 Å². The Morgan fingerprint density at radius 2 is 1.92 bits per heavy atom. The third kappa shape index (κ3) is 3.28. The van der Waals surface area contributed by atoms with Gasteiger partial charge in [0.05, 0.1) is 0 Å². The van der Waals surface area contributed by atoms with Crippen LogP contribution in [0.3, 0.4) is 0 Å². The van der Waals surface area contributed by atoms with Crippen LogP contribution in [0.15, 0.2) is 54.7 Å². The fourth-order valence-corrected chi connectivity index (χ4v) is 3.51. The van der Waals surface area contributed by atoms with Gasteiger partial charge in [-0.05, 0) is 36.5 Å². The SMILES string of the molecule is O=C(Nc1n[nH]c(-c2ccccn2)n1)C1CCCC1c1ccccc1. The second-order valence-electron chi connectivity index (χ2n) is 6.27. The van der Waals surface area contributed by atoms with Crippen molar-refractivity contribution in [2.45, 2.75) is 25.2 Å². The molecule has 0 aliphatic heterocycles. The average molecular weight is 333 g/mol. The van der Waals surface area contributed by atoms with Crippen molar-refractivity contribution in [1.82, 2.24) is 20.2 Å². The number of amides is 1. The quantitative estimate of drug-likeness (QED) is 0.766. The first-order chi connectivity index (χ1) is 12.3. The summed E-state index contributed by atoms with van der Waals surface area (Å²) in [7, 11) is 0. The van der Waals surface area contributed by atoms with E-state index in [1.54, 1.807) is 6.20 Å². The number of rotatable bonds is 4. The zero-order valence-corrected chi connectivity index (χ0v) is 13.7. The fourth-order valence-electron chi connectivity index (χ4n) is 3.51. The molecule has 0 radical (unpaired) electrons. The second-order valence-corrected chi connectivity index (χ2v) is 6.27. The zero-order valence-electron chi connectivity index (χ0n) is 13.7. The van der Waals surface area contributed by atoms with Crippen LogP contribution in [0.25, 0.3) is 11.5 Å². The first-order valence-corrected chi connectivity index (χ1v) is 8.51. The summed E-state index contributed by atoms with van der Waals surface area (Å²) in [5.41, 5.74) is 1.92. The Labute approximate surface area is 145 Å². The van der Waals surface area contributed by atoms with Crippen molar-refractivity contribution in [3.8, 4) is 11.5 Å². The van der Waals surface area contributed by atoms with Crippen molar-refractivity contribution in [1.29, 1.82) is 0 Å². The molecule has 1 aliphatic rings. The third-order valence-electron chi connectivity index (χ3n) is 4.71. The number of nitrogens with zero attached hydrogens (tertiary/aromatic N) is 3. The van der Waals surface area contributed by atoms with E-state index in [-0.39, 0.29) is 17.7 Å². The summed E-state index contributed by atoms with van der Waals surface area (Å²) in [5, 5.41) is 9.77. The van der Waals surface area contributed by atoms with E-state index in [2.05, 4.69) is 37.6 Å². The number of hydrogen-bond acceptors (Lipinski definition) is 4. The van der Waals surface area contributed by atoms with Gasteiger partial charge in [-0.1, -0.05) is 42.8 Å². The number of carbonyl (C=O) groups is 1. The number of aromatic nitrogens is 4. The van der Waals surface area contributed by atoms with Gasteiger partial charge in [-0.25, -0.2) is 0 Å². The molecule has 1 aliphatic carbocycles. The molecule has 2 atom stereocenters. The lowest BCUT2D eigenvalue weighted by Crippen LogP contribution is -2.25. The molecule has 25 heavy (non-hydrogen) atoms. The molecule has 4 rings (SSSR count). The van der Waals surface area contributed by atoms with Crippen LogP contribution in [-0.4, -0.2) is 26.1 Å². The van der Waals surface area contributed by atoms with Gasteiger partial charge in [-0.3, -0.25) is 20.2 Å². The number of anilines is 1. The summed E-state index contributed by atoms with van der Waals surface area (Å²) in [4.78, 5) is 21.3. The van der Waals surface area contributed by atoms with Crippen LogP contribution in [0.2, 0.25) is 0 Å². The maximum atomic E-state index is 12.7. The van der Waals surface area contributed by atoms with Gasteiger partial charge in [0, 0.05) is 12.1 Å². The summed E-state index contributed by atoms with van der Waals surface area (Å²) in [6.07, 6.45) is 4.68. The molecule has 2 aromatic heterocycles. The number of hydrogen-bond donors (Lipinski definition) is 2. The molecule has 6 nitrogen and oxygen atoms in total. The van der Waals surface area contributed by atoms with Crippen LogP contribution in [0.1, 0.15) is 30.7 Å². The summed E-state index contributed by atoms with van der Waals surface area (Å²) in [6, 6.07) is 15.8. The number of nitrogens with one attached hydrogen (secondary N) is 2. The number of carbonyl (C=O) groups excluding carboxylic acids is 1. The summed E-state index contributed by atoms with van der Waals surface area (Å²) in [6.45, 7) is 0. The lowest BCUT2D eigenvalue weighted by atomic mass is 9.88. The minimum atomic E-state index is -0.0424. The zero-order chi connectivity index (χ0) is 17.1.